The molecule has 0 saturated carbocycles. The molecule has 0 aliphatic heterocycles. The second kappa shape index (κ2) is 9.02. The Bertz CT molecular complexity index is 302. The van der Waals surface area contributed by atoms with Crippen molar-refractivity contribution >= 4 is 5.69 Å². The molecule has 0 atom stereocenters. The second-order valence-electron chi connectivity index (χ2n) is 4.15. The summed E-state index contributed by atoms with van der Waals surface area (Å²) in [7, 11) is 1.71. The highest BCUT2D eigenvalue weighted by Gasteiger charge is 1.99. The van der Waals surface area contributed by atoms with Crippen LogP contribution in [0.15, 0.2) is 24.3 Å². The third-order valence-electron chi connectivity index (χ3n) is 2.72. The van der Waals surface area contributed by atoms with Crippen molar-refractivity contribution in [2.24, 2.45) is 0 Å². The van der Waals surface area contributed by atoms with Crippen molar-refractivity contribution in [3.05, 3.63) is 29.8 Å². The number of aliphatic hydroxyl groups excluding tert-OH is 1. The largest absolute Gasteiger partial charge is 0.396 e. The minimum absolute atomic E-state index is 0.310. The van der Waals surface area contributed by atoms with E-state index in [1.807, 2.05) is 12.1 Å². The Kier molecular flexibility index (Phi) is 7.43. The summed E-state index contributed by atoms with van der Waals surface area (Å²) < 4.78 is 5.16. The van der Waals surface area contributed by atoms with E-state index < -0.39 is 0 Å². The first kappa shape index (κ1) is 14.0. The Labute approximate surface area is 104 Å². The van der Waals surface area contributed by atoms with Gasteiger partial charge < -0.3 is 15.2 Å². The van der Waals surface area contributed by atoms with Crippen LogP contribution in [-0.4, -0.2) is 25.4 Å². The molecule has 0 aliphatic carbocycles. The highest BCUT2D eigenvalue weighted by molar-refractivity contribution is 5.50. The van der Waals surface area contributed by atoms with Crippen molar-refractivity contribution in [2.45, 2.75) is 32.3 Å². The van der Waals surface area contributed by atoms with E-state index >= 15 is 0 Å². The van der Waals surface area contributed by atoms with Crippen LogP contribution >= 0.6 is 0 Å². The number of rotatable bonds is 9. The number of unbranched alkanes of at least 4 members (excludes halogenated alkanes) is 3. The van der Waals surface area contributed by atoms with Crippen LogP contribution in [0, 0.1) is 0 Å². The Morgan fingerprint density at radius 3 is 2.65 bits per heavy atom. The number of ether oxygens (including phenoxy) is 1. The van der Waals surface area contributed by atoms with Gasteiger partial charge in [-0.05, 0) is 18.9 Å². The van der Waals surface area contributed by atoms with Crippen LogP contribution in [0.25, 0.3) is 0 Å². The minimum atomic E-state index is 0.310. The molecule has 1 aromatic carbocycles. The molecule has 3 heteroatoms. The van der Waals surface area contributed by atoms with Crippen LogP contribution in [0.4, 0.5) is 5.69 Å². The van der Waals surface area contributed by atoms with E-state index in [0.717, 1.165) is 31.5 Å². The van der Waals surface area contributed by atoms with Gasteiger partial charge in [0.25, 0.3) is 0 Å². The van der Waals surface area contributed by atoms with Crippen LogP contribution in [0.5, 0.6) is 0 Å². The molecule has 0 spiro atoms. The van der Waals surface area contributed by atoms with E-state index in [-0.39, 0.29) is 0 Å². The molecule has 2 N–H and O–H groups in total. The van der Waals surface area contributed by atoms with E-state index in [2.05, 4.69) is 17.4 Å². The summed E-state index contributed by atoms with van der Waals surface area (Å²) in [5.74, 6) is 0. The zero-order valence-electron chi connectivity index (χ0n) is 10.6. The van der Waals surface area contributed by atoms with Gasteiger partial charge in [-0.2, -0.15) is 0 Å². The van der Waals surface area contributed by atoms with Crippen molar-refractivity contribution in [1.82, 2.24) is 0 Å². The van der Waals surface area contributed by atoms with Crippen molar-refractivity contribution in [3.8, 4) is 0 Å². The Hall–Kier alpha value is -1.06. The zero-order chi connectivity index (χ0) is 12.3. The Morgan fingerprint density at radius 2 is 1.88 bits per heavy atom. The maximum Gasteiger partial charge on any atom is 0.0733 e. The topological polar surface area (TPSA) is 41.5 Å². The first-order chi connectivity index (χ1) is 8.38. The Balaban J connectivity index is 2.25. The highest BCUT2D eigenvalue weighted by Crippen LogP contribution is 2.15. The fraction of sp³-hybridized carbons (Fsp3) is 0.571. The van der Waals surface area contributed by atoms with E-state index in [1.165, 1.54) is 12.0 Å². The summed E-state index contributed by atoms with van der Waals surface area (Å²) in [6.45, 7) is 1.93. The van der Waals surface area contributed by atoms with Crippen LogP contribution in [0.1, 0.15) is 31.2 Å². The summed E-state index contributed by atoms with van der Waals surface area (Å²) in [6, 6.07) is 8.23. The monoisotopic (exact) mass is 237 g/mol. The lowest BCUT2D eigenvalue weighted by Gasteiger charge is -2.11. The van der Waals surface area contributed by atoms with Crippen LogP contribution in [0.3, 0.4) is 0 Å². The third-order valence-corrected chi connectivity index (χ3v) is 2.72. The molecule has 0 heterocycles. The first-order valence-electron chi connectivity index (χ1n) is 6.30. The molecule has 0 bridgehead atoms. The van der Waals surface area contributed by atoms with E-state index in [9.17, 15) is 0 Å². The lowest BCUT2D eigenvalue weighted by atomic mass is 10.1. The van der Waals surface area contributed by atoms with Crippen molar-refractivity contribution in [3.63, 3.8) is 0 Å². The molecule has 1 rings (SSSR count). The van der Waals surface area contributed by atoms with Gasteiger partial charge in [-0.1, -0.05) is 31.0 Å². The molecular formula is C14H23NO2. The standard InChI is InChI=1S/C14H23NO2/c1-17-12-13-8-4-5-9-14(13)15-10-6-2-3-7-11-16/h4-5,8-9,15-16H,2-3,6-7,10-12H2,1H3. The third kappa shape index (κ3) is 5.71. The number of nitrogens with one attached hydrogen (secondary N) is 1. The molecule has 1 aromatic rings. The van der Waals surface area contributed by atoms with E-state index in [4.69, 9.17) is 9.84 Å². The summed E-state index contributed by atoms with van der Waals surface area (Å²) in [5, 5.41) is 12.1. The van der Waals surface area contributed by atoms with E-state index in [0.29, 0.717) is 13.2 Å². The number of para-hydroxylation sites is 1. The number of methoxy groups -OCH3 is 1. The van der Waals surface area contributed by atoms with Gasteiger partial charge >= 0.3 is 0 Å². The predicted molar refractivity (Wildman–Crippen MR) is 71.2 cm³/mol. The minimum Gasteiger partial charge on any atom is -0.396 e. The highest BCUT2D eigenvalue weighted by atomic mass is 16.5. The van der Waals surface area contributed by atoms with Gasteiger partial charge in [0, 0.05) is 31.5 Å². The lowest BCUT2D eigenvalue weighted by molar-refractivity contribution is 0.185. The number of aliphatic hydroxyl groups is 1. The molecule has 0 radical (unpaired) electrons. The van der Waals surface area contributed by atoms with Crippen molar-refractivity contribution < 1.29 is 9.84 Å². The summed E-state index contributed by atoms with van der Waals surface area (Å²) >= 11 is 0. The number of benzene rings is 1. The summed E-state index contributed by atoms with van der Waals surface area (Å²) in [6.07, 6.45) is 4.33. The second-order valence-corrected chi connectivity index (χ2v) is 4.15. The van der Waals surface area contributed by atoms with Gasteiger partial charge in [0.1, 0.15) is 0 Å². The molecular weight excluding hydrogens is 214 g/mol. The van der Waals surface area contributed by atoms with Crippen LogP contribution in [0.2, 0.25) is 0 Å². The van der Waals surface area contributed by atoms with Crippen molar-refractivity contribution in [2.75, 3.05) is 25.6 Å². The lowest BCUT2D eigenvalue weighted by Crippen LogP contribution is -2.04. The van der Waals surface area contributed by atoms with Crippen LogP contribution in [-0.2, 0) is 11.3 Å². The summed E-state index contributed by atoms with van der Waals surface area (Å²) in [4.78, 5) is 0. The van der Waals surface area contributed by atoms with Gasteiger partial charge in [-0.25, -0.2) is 0 Å². The normalized spacial score (nSPS) is 10.5. The van der Waals surface area contributed by atoms with Gasteiger partial charge in [-0.15, -0.1) is 0 Å². The molecule has 0 unspecified atom stereocenters. The number of anilines is 1. The number of hydrogen-bond donors (Lipinski definition) is 2. The van der Waals surface area contributed by atoms with Crippen molar-refractivity contribution in [1.29, 1.82) is 0 Å². The van der Waals surface area contributed by atoms with E-state index in [1.54, 1.807) is 7.11 Å². The smallest absolute Gasteiger partial charge is 0.0733 e. The van der Waals surface area contributed by atoms with Gasteiger partial charge in [0.2, 0.25) is 0 Å². The Morgan fingerprint density at radius 1 is 1.12 bits per heavy atom. The molecule has 0 amide bonds. The van der Waals surface area contributed by atoms with Gasteiger partial charge in [0.05, 0.1) is 6.61 Å². The fourth-order valence-electron chi connectivity index (χ4n) is 1.79. The molecule has 17 heavy (non-hydrogen) atoms. The maximum absolute atomic E-state index is 8.67. The zero-order valence-corrected chi connectivity index (χ0v) is 10.6. The first-order valence-corrected chi connectivity index (χ1v) is 6.30. The molecule has 0 fully saturated rings. The summed E-state index contributed by atoms with van der Waals surface area (Å²) in [5.41, 5.74) is 2.36. The molecule has 0 aliphatic rings. The molecule has 96 valence electrons. The van der Waals surface area contributed by atoms with Crippen LogP contribution < -0.4 is 5.32 Å². The fourth-order valence-corrected chi connectivity index (χ4v) is 1.79. The number of hydrogen-bond acceptors (Lipinski definition) is 3. The molecule has 0 aromatic heterocycles. The average molecular weight is 237 g/mol. The maximum atomic E-state index is 8.67. The quantitative estimate of drug-likeness (QED) is 0.649. The predicted octanol–water partition coefficient (Wildman–Crippen LogP) is 2.80. The average Bonchev–Trinajstić information content (AvgIpc) is 2.36. The molecule has 3 nitrogen and oxygen atoms in total. The molecule has 0 saturated heterocycles. The van der Waals surface area contributed by atoms with Gasteiger partial charge in [0.15, 0.2) is 0 Å². The van der Waals surface area contributed by atoms with Gasteiger partial charge in [-0.3, -0.25) is 0 Å². The SMILES string of the molecule is COCc1ccccc1NCCCCCCO.